The molecule has 0 heterocycles. The van der Waals surface area contributed by atoms with Gasteiger partial charge in [-0.05, 0) is 90.7 Å². The van der Waals surface area contributed by atoms with E-state index in [0.29, 0.717) is 13.0 Å². The van der Waals surface area contributed by atoms with Crippen LogP contribution in [0.2, 0.25) is 65.0 Å². The maximum Gasteiger partial charge on any atom is 0.469 e. The molecule has 0 aliphatic heterocycles. The van der Waals surface area contributed by atoms with Crippen molar-refractivity contribution in [1.82, 2.24) is 5.32 Å². The van der Waals surface area contributed by atoms with Crippen LogP contribution in [0.15, 0.2) is 12.7 Å². The SMILES string of the molecule is C=CC[N+](C)(C)CCCCCC(=O)NCCC[Si](O[Si](C)(C)C)(O[Si](C)(C)C)O[Si](C)(C)C.[I-]. The van der Waals surface area contributed by atoms with Crippen molar-refractivity contribution in [3.8, 4) is 0 Å². The molecule has 0 saturated carbocycles. The van der Waals surface area contributed by atoms with Gasteiger partial charge in [-0.25, -0.2) is 0 Å². The Morgan fingerprint density at radius 2 is 1.29 bits per heavy atom. The molecule has 0 saturated heterocycles. The molecular weight excluding hydrogens is 608 g/mol. The number of carbonyl (C=O) groups excluding carboxylic acids is 1. The number of hydrogen-bond acceptors (Lipinski definition) is 4. The van der Waals surface area contributed by atoms with Crippen LogP contribution in [-0.4, -0.2) is 77.9 Å². The fourth-order valence-corrected chi connectivity index (χ4v) is 18.3. The maximum atomic E-state index is 12.3. The first kappa shape index (κ1) is 36.8. The van der Waals surface area contributed by atoms with Crippen molar-refractivity contribution in [1.29, 1.82) is 0 Å². The molecule has 6 nitrogen and oxygen atoms in total. The largest absolute Gasteiger partial charge is 1.00 e. The third-order valence-electron chi connectivity index (χ3n) is 4.66. The van der Waals surface area contributed by atoms with Crippen molar-refractivity contribution < 1.29 is 45.6 Å². The number of hydrogen-bond donors (Lipinski definition) is 1. The Bertz CT molecular complexity index is 562. The predicted octanol–water partition coefficient (Wildman–Crippen LogP) is 2.81. The molecule has 34 heavy (non-hydrogen) atoms. The molecule has 1 N–H and O–H groups in total. The second-order valence-electron chi connectivity index (χ2n) is 12.7. The van der Waals surface area contributed by atoms with Gasteiger partial charge in [-0.2, -0.15) is 0 Å². The Balaban J connectivity index is 0. The highest BCUT2D eigenvalue weighted by molar-refractivity contribution is 6.90. The van der Waals surface area contributed by atoms with Gasteiger partial charge >= 0.3 is 8.80 Å². The summed E-state index contributed by atoms with van der Waals surface area (Å²) >= 11 is 0. The molecule has 0 rings (SSSR count). The lowest BCUT2D eigenvalue weighted by Crippen LogP contribution is -3.00. The molecule has 0 spiro atoms. The van der Waals surface area contributed by atoms with Crippen molar-refractivity contribution in [2.45, 2.75) is 97.1 Å². The van der Waals surface area contributed by atoms with Gasteiger partial charge in [0.15, 0.2) is 25.0 Å². The first-order chi connectivity index (χ1) is 14.8. The van der Waals surface area contributed by atoms with Gasteiger partial charge in [0.05, 0.1) is 27.2 Å². The molecule has 204 valence electrons. The summed E-state index contributed by atoms with van der Waals surface area (Å²) in [6.45, 7) is 26.4. The average Bonchev–Trinajstić information content (AvgIpc) is 2.53. The normalized spacial score (nSPS) is 13.4. The van der Waals surface area contributed by atoms with Gasteiger partial charge in [0, 0.05) is 19.0 Å². The van der Waals surface area contributed by atoms with Gasteiger partial charge in [0.1, 0.15) is 0 Å². The van der Waals surface area contributed by atoms with Crippen molar-refractivity contribution in [2.24, 2.45) is 0 Å². The first-order valence-electron chi connectivity index (χ1n) is 12.6. The lowest BCUT2D eigenvalue weighted by Gasteiger charge is -2.43. The highest BCUT2D eigenvalue weighted by Gasteiger charge is 2.49. The zero-order chi connectivity index (χ0) is 26.0. The topological polar surface area (TPSA) is 56.8 Å². The van der Waals surface area contributed by atoms with E-state index in [2.05, 4.69) is 84.9 Å². The third kappa shape index (κ3) is 20.8. The minimum Gasteiger partial charge on any atom is -1.00 e. The number of likely N-dealkylation sites (N-methyl/N-ethyl adjacent to an activating group) is 1. The van der Waals surface area contributed by atoms with E-state index in [1.807, 2.05) is 6.08 Å². The molecule has 0 aliphatic rings. The van der Waals surface area contributed by atoms with Gasteiger partial charge < -0.3 is 46.1 Å². The van der Waals surface area contributed by atoms with Gasteiger partial charge in [-0.1, -0.05) is 6.58 Å². The second-order valence-corrected chi connectivity index (χ2v) is 29.7. The number of carbonyl (C=O) groups is 1. The van der Waals surface area contributed by atoms with Crippen molar-refractivity contribution in [3.05, 3.63) is 12.7 Å². The summed E-state index contributed by atoms with van der Waals surface area (Å²) in [6, 6.07) is 0.766. The van der Waals surface area contributed by atoms with Gasteiger partial charge in [-0.3, -0.25) is 4.79 Å². The molecule has 11 heteroatoms. The van der Waals surface area contributed by atoms with E-state index < -0.39 is 33.8 Å². The van der Waals surface area contributed by atoms with Crippen LogP contribution < -0.4 is 29.3 Å². The van der Waals surface area contributed by atoms with Crippen LogP contribution in [0.5, 0.6) is 0 Å². The Kier molecular flexibility index (Phi) is 17.1. The molecule has 0 aromatic carbocycles. The summed E-state index contributed by atoms with van der Waals surface area (Å²) in [4.78, 5) is 12.3. The van der Waals surface area contributed by atoms with Crippen molar-refractivity contribution in [3.63, 3.8) is 0 Å². The summed E-state index contributed by atoms with van der Waals surface area (Å²) in [5, 5.41) is 3.10. The Morgan fingerprint density at radius 1 is 0.824 bits per heavy atom. The standard InChI is InChI=1S/C23H54N2O4Si4.HI/c1-13-20-25(2,3)21-16-14-15-18-23(26)24-19-17-22-33(27-30(4,5)6,28-31(7,8)9)29-32(10,11)12;/h13H,1,14-22H2,2-12H3;1H. The van der Waals surface area contributed by atoms with Gasteiger partial charge in [0.25, 0.3) is 0 Å². The second kappa shape index (κ2) is 15.8. The van der Waals surface area contributed by atoms with Gasteiger partial charge in [-0.15, -0.1) is 0 Å². The van der Waals surface area contributed by atoms with E-state index in [1.165, 1.54) is 0 Å². The average molecular weight is 663 g/mol. The van der Waals surface area contributed by atoms with Crippen molar-refractivity contribution >= 4 is 39.7 Å². The fourth-order valence-electron chi connectivity index (χ4n) is 3.68. The van der Waals surface area contributed by atoms with Crippen LogP contribution >= 0.6 is 0 Å². The number of nitrogens with one attached hydrogen (secondary N) is 1. The molecular formula is C23H55IN2O4Si4. The summed E-state index contributed by atoms with van der Waals surface area (Å²) in [5.74, 6) is 0.144. The molecule has 0 aromatic heterocycles. The van der Waals surface area contributed by atoms with E-state index in [0.717, 1.165) is 49.3 Å². The summed E-state index contributed by atoms with van der Waals surface area (Å²) in [6.07, 6.45) is 6.56. The first-order valence-corrected chi connectivity index (χ1v) is 24.7. The van der Waals surface area contributed by atoms with Crippen LogP contribution in [-0.2, 0) is 17.1 Å². The highest BCUT2D eigenvalue weighted by Crippen LogP contribution is 2.29. The van der Waals surface area contributed by atoms with Crippen LogP contribution in [0.3, 0.4) is 0 Å². The zero-order valence-corrected chi connectivity index (χ0v) is 30.3. The fraction of sp³-hybridized carbons (Fsp3) is 0.870. The third-order valence-corrected chi connectivity index (χ3v) is 16.7. The molecule has 0 bridgehead atoms. The predicted molar refractivity (Wildman–Crippen MR) is 152 cm³/mol. The summed E-state index contributed by atoms with van der Waals surface area (Å²) in [5.41, 5.74) is 0. The highest BCUT2D eigenvalue weighted by atomic mass is 127. The lowest BCUT2D eigenvalue weighted by atomic mass is 10.1. The molecule has 0 radical (unpaired) electrons. The van der Waals surface area contributed by atoms with Crippen LogP contribution in [0.25, 0.3) is 0 Å². The van der Waals surface area contributed by atoms with E-state index in [9.17, 15) is 4.79 Å². The van der Waals surface area contributed by atoms with Crippen molar-refractivity contribution in [2.75, 3.05) is 33.7 Å². The number of nitrogens with zero attached hydrogens (tertiary/aromatic N) is 1. The summed E-state index contributed by atoms with van der Waals surface area (Å²) < 4.78 is 21.1. The van der Waals surface area contributed by atoms with E-state index in [-0.39, 0.29) is 29.9 Å². The monoisotopic (exact) mass is 662 g/mol. The number of amides is 1. The minimum atomic E-state index is -2.81. The molecule has 1 amide bonds. The van der Waals surface area contributed by atoms with Crippen LogP contribution in [0.4, 0.5) is 0 Å². The lowest BCUT2D eigenvalue weighted by molar-refractivity contribution is -0.884. The Morgan fingerprint density at radius 3 is 1.71 bits per heavy atom. The molecule has 0 atom stereocenters. The molecule has 0 aliphatic carbocycles. The zero-order valence-electron chi connectivity index (χ0n) is 24.1. The number of halogens is 1. The Labute approximate surface area is 233 Å². The minimum absolute atomic E-state index is 0. The Hall–Kier alpha value is 0.648. The number of unbranched alkanes of at least 4 members (excludes halogenated alkanes) is 2. The van der Waals surface area contributed by atoms with Crippen LogP contribution in [0, 0.1) is 0 Å². The van der Waals surface area contributed by atoms with Crippen LogP contribution in [0.1, 0.15) is 32.1 Å². The van der Waals surface area contributed by atoms with E-state index >= 15 is 0 Å². The smallest absolute Gasteiger partial charge is 0.469 e. The number of rotatable bonds is 18. The number of quaternary nitrogens is 1. The molecule has 0 unspecified atom stereocenters. The molecule has 0 aromatic rings. The van der Waals surface area contributed by atoms with E-state index in [1.54, 1.807) is 0 Å². The maximum absolute atomic E-state index is 12.3. The van der Waals surface area contributed by atoms with Gasteiger partial charge in [0.2, 0.25) is 5.91 Å². The quantitative estimate of drug-likeness (QED) is 0.0807. The summed E-state index contributed by atoms with van der Waals surface area (Å²) in [7, 11) is -3.93. The van der Waals surface area contributed by atoms with E-state index in [4.69, 9.17) is 12.3 Å². The molecule has 0 fully saturated rings.